The van der Waals surface area contributed by atoms with E-state index in [-0.39, 0.29) is 5.56 Å². The number of aromatic carboxylic acids is 1. The number of ether oxygens (including phenoxy) is 1. The minimum Gasteiger partial charge on any atom is -0.497 e. The summed E-state index contributed by atoms with van der Waals surface area (Å²) in [5.41, 5.74) is 3.48. The van der Waals surface area contributed by atoms with Gasteiger partial charge in [-0.15, -0.1) is 5.10 Å². The number of fused-ring (bicyclic) bond motifs is 1. The van der Waals surface area contributed by atoms with Crippen LogP contribution in [-0.2, 0) is 6.54 Å². The van der Waals surface area contributed by atoms with Crippen LogP contribution in [0, 0.1) is 0 Å². The van der Waals surface area contributed by atoms with Gasteiger partial charge in [-0.25, -0.2) is 14.3 Å². The van der Waals surface area contributed by atoms with Gasteiger partial charge in [-0.05, 0) is 42.0 Å². The zero-order valence-corrected chi connectivity index (χ0v) is 15.2. The molecule has 2 aromatic heterocycles. The van der Waals surface area contributed by atoms with Gasteiger partial charge in [0.2, 0.25) is 0 Å². The molecule has 4 rings (SSSR count). The Labute approximate surface area is 161 Å². The van der Waals surface area contributed by atoms with Gasteiger partial charge in [0, 0.05) is 12.1 Å². The first kappa shape index (κ1) is 17.5. The molecule has 0 unspecified atom stereocenters. The van der Waals surface area contributed by atoms with Crippen molar-refractivity contribution >= 4 is 17.4 Å². The first-order valence-electron chi connectivity index (χ1n) is 8.69. The number of hydrogen-bond acceptors (Lipinski definition) is 5. The van der Waals surface area contributed by atoms with Crippen molar-refractivity contribution in [2.24, 2.45) is 0 Å². The quantitative estimate of drug-likeness (QED) is 0.535. The molecule has 0 aliphatic heterocycles. The molecule has 2 N–H and O–H groups in total. The summed E-state index contributed by atoms with van der Waals surface area (Å²) in [6, 6.07) is 18.3. The molecule has 140 valence electrons. The first-order chi connectivity index (χ1) is 13.6. The Balaban J connectivity index is 1.60. The molecule has 7 nitrogen and oxygen atoms in total. The summed E-state index contributed by atoms with van der Waals surface area (Å²) in [7, 11) is 1.64. The molecule has 0 saturated heterocycles. The normalized spacial score (nSPS) is 10.8. The third kappa shape index (κ3) is 3.50. The summed E-state index contributed by atoms with van der Waals surface area (Å²) in [6.07, 6.45) is 1.69. The van der Waals surface area contributed by atoms with E-state index in [1.807, 2.05) is 42.5 Å². The Hall–Kier alpha value is -3.87. The van der Waals surface area contributed by atoms with Crippen molar-refractivity contribution < 1.29 is 14.6 Å². The van der Waals surface area contributed by atoms with E-state index in [1.165, 1.54) is 0 Å². The molecule has 0 aliphatic carbocycles. The Morgan fingerprint density at radius 3 is 2.71 bits per heavy atom. The summed E-state index contributed by atoms with van der Waals surface area (Å²) < 4.78 is 6.88. The molecule has 0 aliphatic rings. The second kappa shape index (κ2) is 7.40. The van der Waals surface area contributed by atoms with E-state index in [0.717, 1.165) is 22.6 Å². The number of rotatable bonds is 6. The molecule has 0 saturated carbocycles. The van der Waals surface area contributed by atoms with Crippen LogP contribution in [0.15, 0.2) is 66.9 Å². The summed E-state index contributed by atoms with van der Waals surface area (Å²) in [5.74, 6) is 0.539. The molecule has 0 spiro atoms. The highest BCUT2D eigenvalue weighted by atomic mass is 16.5. The van der Waals surface area contributed by atoms with Gasteiger partial charge in [0.1, 0.15) is 11.6 Å². The van der Waals surface area contributed by atoms with Crippen molar-refractivity contribution in [3.63, 3.8) is 0 Å². The second-order valence-electron chi connectivity index (χ2n) is 6.22. The topological polar surface area (TPSA) is 88.8 Å². The van der Waals surface area contributed by atoms with Crippen LogP contribution in [0.25, 0.3) is 16.9 Å². The summed E-state index contributed by atoms with van der Waals surface area (Å²) in [5, 5.41) is 17.1. The average molecular weight is 374 g/mol. The number of carbonyl (C=O) groups is 1. The summed E-state index contributed by atoms with van der Waals surface area (Å²) >= 11 is 0. The average Bonchev–Trinajstić information content (AvgIpc) is 3.16. The van der Waals surface area contributed by atoms with Gasteiger partial charge in [0.15, 0.2) is 5.65 Å². The van der Waals surface area contributed by atoms with E-state index < -0.39 is 5.97 Å². The summed E-state index contributed by atoms with van der Waals surface area (Å²) in [6.45, 7) is 0.612. The smallest absolute Gasteiger partial charge is 0.335 e. The predicted octanol–water partition coefficient (Wildman–Crippen LogP) is 3.72. The maximum Gasteiger partial charge on any atom is 0.335 e. The fourth-order valence-electron chi connectivity index (χ4n) is 2.91. The van der Waals surface area contributed by atoms with E-state index in [1.54, 1.807) is 36.0 Å². The standard InChI is InChI=1S/C21H18N4O3/c1-28-17-7-5-14(6-8-17)12-22-19-9-10-20-23-13-18(25(20)24-19)15-3-2-4-16(11-15)21(26)27/h2-11,13H,12H2,1H3,(H,22,24)(H,26,27). The van der Waals surface area contributed by atoms with Gasteiger partial charge in [-0.2, -0.15) is 0 Å². The van der Waals surface area contributed by atoms with E-state index in [2.05, 4.69) is 15.4 Å². The van der Waals surface area contributed by atoms with Crippen molar-refractivity contribution in [2.45, 2.75) is 6.54 Å². The Kier molecular flexibility index (Phi) is 4.63. The third-order valence-corrected chi connectivity index (χ3v) is 4.40. The molecule has 0 amide bonds. The van der Waals surface area contributed by atoms with Crippen molar-refractivity contribution in [1.29, 1.82) is 0 Å². The molecule has 2 heterocycles. The Morgan fingerprint density at radius 1 is 1.14 bits per heavy atom. The fraction of sp³-hybridized carbons (Fsp3) is 0.0952. The van der Waals surface area contributed by atoms with Gasteiger partial charge in [-0.3, -0.25) is 0 Å². The molecular weight excluding hydrogens is 356 g/mol. The maximum absolute atomic E-state index is 11.2. The highest BCUT2D eigenvalue weighted by Crippen LogP contribution is 2.22. The first-order valence-corrected chi connectivity index (χ1v) is 8.69. The van der Waals surface area contributed by atoms with Crippen LogP contribution in [0.4, 0.5) is 5.82 Å². The largest absolute Gasteiger partial charge is 0.497 e. The molecular formula is C21H18N4O3. The van der Waals surface area contributed by atoms with Gasteiger partial charge in [0.25, 0.3) is 0 Å². The second-order valence-corrected chi connectivity index (χ2v) is 6.22. The maximum atomic E-state index is 11.2. The lowest BCUT2D eigenvalue weighted by Crippen LogP contribution is -2.05. The molecule has 4 aromatic rings. The molecule has 0 fully saturated rings. The molecule has 0 bridgehead atoms. The van der Waals surface area contributed by atoms with Crippen LogP contribution in [0.2, 0.25) is 0 Å². The number of benzene rings is 2. The molecule has 7 heteroatoms. The zero-order valence-electron chi connectivity index (χ0n) is 15.2. The van der Waals surface area contributed by atoms with Crippen molar-refractivity contribution in [3.05, 3.63) is 78.0 Å². The summed E-state index contributed by atoms with van der Waals surface area (Å²) in [4.78, 5) is 15.6. The van der Waals surface area contributed by atoms with E-state index in [9.17, 15) is 9.90 Å². The van der Waals surface area contributed by atoms with E-state index >= 15 is 0 Å². The number of carboxylic acid groups (broad SMARTS) is 1. The minimum absolute atomic E-state index is 0.223. The SMILES string of the molecule is COc1ccc(CNc2ccc3ncc(-c4cccc(C(=O)O)c4)n3n2)cc1. The van der Waals surface area contributed by atoms with Gasteiger partial charge in [0.05, 0.1) is 24.6 Å². The van der Waals surface area contributed by atoms with Crippen LogP contribution in [0.5, 0.6) is 5.75 Å². The lowest BCUT2D eigenvalue weighted by atomic mass is 10.1. The minimum atomic E-state index is -0.967. The highest BCUT2D eigenvalue weighted by Gasteiger charge is 2.10. The van der Waals surface area contributed by atoms with Crippen molar-refractivity contribution in [2.75, 3.05) is 12.4 Å². The lowest BCUT2D eigenvalue weighted by molar-refractivity contribution is 0.0697. The van der Waals surface area contributed by atoms with Crippen molar-refractivity contribution in [1.82, 2.24) is 14.6 Å². The third-order valence-electron chi connectivity index (χ3n) is 4.40. The van der Waals surface area contributed by atoms with Crippen LogP contribution in [0.1, 0.15) is 15.9 Å². The number of carboxylic acids is 1. The number of nitrogens with zero attached hydrogens (tertiary/aromatic N) is 3. The number of nitrogens with one attached hydrogen (secondary N) is 1. The monoisotopic (exact) mass is 374 g/mol. The number of hydrogen-bond donors (Lipinski definition) is 2. The number of methoxy groups -OCH3 is 1. The molecule has 28 heavy (non-hydrogen) atoms. The van der Waals surface area contributed by atoms with Crippen LogP contribution in [0.3, 0.4) is 0 Å². The molecule has 0 radical (unpaired) electrons. The van der Waals surface area contributed by atoms with Gasteiger partial charge < -0.3 is 15.2 Å². The number of anilines is 1. The molecule has 2 aromatic carbocycles. The van der Waals surface area contributed by atoms with Crippen molar-refractivity contribution in [3.8, 4) is 17.0 Å². The van der Waals surface area contributed by atoms with Crippen LogP contribution >= 0.6 is 0 Å². The Morgan fingerprint density at radius 2 is 1.96 bits per heavy atom. The van der Waals surface area contributed by atoms with Gasteiger partial charge in [-0.1, -0.05) is 24.3 Å². The number of aromatic nitrogens is 3. The highest BCUT2D eigenvalue weighted by molar-refractivity contribution is 5.89. The Bertz CT molecular complexity index is 1140. The fourth-order valence-corrected chi connectivity index (χ4v) is 2.91. The van der Waals surface area contributed by atoms with Crippen LogP contribution < -0.4 is 10.1 Å². The number of imidazole rings is 1. The molecule has 0 atom stereocenters. The lowest BCUT2D eigenvalue weighted by Gasteiger charge is -2.08. The van der Waals surface area contributed by atoms with Crippen LogP contribution in [-0.4, -0.2) is 32.8 Å². The predicted molar refractivity (Wildman–Crippen MR) is 106 cm³/mol. The van der Waals surface area contributed by atoms with E-state index in [4.69, 9.17) is 4.74 Å². The van der Waals surface area contributed by atoms with Gasteiger partial charge >= 0.3 is 5.97 Å². The van der Waals surface area contributed by atoms with E-state index in [0.29, 0.717) is 18.0 Å². The zero-order chi connectivity index (χ0) is 19.5.